The molecular formula is C33H65N5O7. The van der Waals surface area contributed by atoms with Crippen molar-refractivity contribution in [3.8, 4) is 0 Å². The molecule has 4 amide bonds. The number of rotatable bonds is 15. The van der Waals surface area contributed by atoms with Gasteiger partial charge in [-0.25, -0.2) is 9.59 Å². The van der Waals surface area contributed by atoms with E-state index in [-0.39, 0.29) is 25.9 Å². The highest BCUT2D eigenvalue weighted by atomic mass is 16.6. The first-order chi connectivity index (χ1) is 20.8. The molecule has 0 aliphatic heterocycles. The van der Waals surface area contributed by atoms with Crippen molar-refractivity contribution < 1.29 is 33.8 Å². The maximum Gasteiger partial charge on any atom is 0.407 e. The van der Waals surface area contributed by atoms with Crippen LogP contribution in [-0.2, 0) is 19.1 Å². The van der Waals surface area contributed by atoms with Crippen molar-refractivity contribution in [1.82, 2.24) is 26.6 Å². The van der Waals surface area contributed by atoms with Crippen LogP contribution in [0.5, 0.6) is 0 Å². The van der Waals surface area contributed by atoms with Crippen molar-refractivity contribution in [3.63, 3.8) is 0 Å². The van der Waals surface area contributed by atoms with Gasteiger partial charge in [-0.3, -0.25) is 9.59 Å². The van der Waals surface area contributed by atoms with E-state index in [1.165, 1.54) is 0 Å². The lowest BCUT2D eigenvalue weighted by Crippen LogP contribution is -2.56. The number of hydrogen-bond donors (Lipinski definition) is 6. The topological polar surface area (TPSA) is 167 Å². The fourth-order valence-corrected chi connectivity index (χ4v) is 3.75. The van der Waals surface area contributed by atoms with E-state index in [0.29, 0.717) is 12.1 Å². The summed E-state index contributed by atoms with van der Waals surface area (Å²) in [7, 11) is 0. The molecule has 6 N–H and O–H groups in total. The number of allylic oxidation sites excluding steroid dienone is 2. The number of carbonyl (C=O) groups excluding carboxylic acids is 4. The van der Waals surface area contributed by atoms with Gasteiger partial charge in [0.05, 0.1) is 12.1 Å². The molecule has 0 aliphatic rings. The van der Waals surface area contributed by atoms with E-state index in [2.05, 4.69) is 33.2 Å². The van der Waals surface area contributed by atoms with Crippen molar-refractivity contribution in [2.45, 2.75) is 152 Å². The maximum atomic E-state index is 13.4. The minimum Gasteiger partial charge on any atom is -0.444 e. The first-order valence-electron chi connectivity index (χ1n) is 16.1. The molecule has 0 saturated heterocycles. The van der Waals surface area contributed by atoms with Gasteiger partial charge in [0.25, 0.3) is 0 Å². The molecule has 0 spiro atoms. The number of nitrogens with one attached hydrogen (secondary N) is 5. The molecule has 4 atom stereocenters. The van der Waals surface area contributed by atoms with Crippen LogP contribution < -0.4 is 26.6 Å². The molecule has 12 nitrogen and oxygen atoms in total. The zero-order valence-electron chi connectivity index (χ0n) is 30.5. The molecule has 4 unspecified atom stereocenters. The molecular weight excluding hydrogens is 578 g/mol. The second-order valence-electron chi connectivity index (χ2n) is 11.9. The van der Waals surface area contributed by atoms with Gasteiger partial charge in [0.2, 0.25) is 11.8 Å². The van der Waals surface area contributed by atoms with Crippen molar-refractivity contribution in [2.75, 3.05) is 13.1 Å². The average molecular weight is 644 g/mol. The van der Waals surface area contributed by atoms with E-state index in [4.69, 9.17) is 9.47 Å². The van der Waals surface area contributed by atoms with Crippen LogP contribution in [0.15, 0.2) is 23.9 Å². The molecule has 0 fully saturated rings. The van der Waals surface area contributed by atoms with Gasteiger partial charge in [-0.2, -0.15) is 0 Å². The van der Waals surface area contributed by atoms with Gasteiger partial charge in [-0.15, -0.1) is 0 Å². The predicted molar refractivity (Wildman–Crippen MR) is 182 cm³/mol. The van der Waals surface area contributed by atoms with Gasteiger partial charge in [-0.1, -0.05) is 47.3 Å². The molecule has 0 aliphatic carbocycles. The molecule has 0 heterocycles. The molecule has 0 radical (unpaired) electrons. The number of carbonyl (C=O) groups is 4. The number of ether oxygens (including phenoxy) is 2. The fraction of sp³-hybridized carbons (Fsp3) is 0.758. The van der Waals surface area contributed by atoms with Gasteiger partial charge in [-0.05, 0) is 87.1 Å². The normalized spacial score (nSPS) is 13.9. The van der Waals surface area contributed by atoms with Crippen molar-refractivity contribution >= 4 is 24.0 Å². The molecule has 0 rings (SSSR count). The first-order valence-corrected chi connectivity index (χ1v) is 16.1. The highest BCUT2D eigenvalue weighted by Gasteiger charge is 2.29. The molecule has 0 aromatic heterocycles. The molecule has 0 aromatic carbocycles. The lowest BCUT2D eigenvalue weighted by Gasteiger charge is -2.28. The van der Waals surface area contributed by atoms with Crippen molar-refractivity contribution in [2.24, 2.45) is 0 Å². The predicted octanol–water partition coefficient (Wildman–Crippen LogP) is 5.07. The van der Waals surface area contributed by atoms with Crippen molar-refractivity contribution in [3.05, 3.63) is 23.9 Å². The minimum atomic E-state index is -1.05. The Balaban J connectivity index is -0.00000422. The number of amides is 4. The Labute approximate surface area is 272 Å². The van der Waals surface area contributed by atoms with Crippen LogP contribution in [0.2, 0.25) is 0 Å². The Kier molecular flexibility index (Phi) is 24.6. The van der Waals surface area contributed by atoms with Crippen molar-refractivity contribution in [1.29, 1.82) is 0 Å². The average Bonchev–Trinajstić information content (AvgIpc) is 2.91. The Morgan fingerprint density at radius 3 is 1.47 bits per heavy atom. The lowest BCUT2D eigenvalue weighted by molar-refractivity contribution is -0.130. The number of hydrogen-bond acceptors (Lipinski definition) is 8. The van der Waals surface area contributed by atoms with Crippen LogP contribution in [0.4, 0.5) is 9.59 Å². The second-order valence-corrected chi connectivity index (χ2v) is 11.9. The quantitative estimate of drug-likeness (QED) is 0.135. The Morgan fingerprint density at radius 2 is 1.16 bits per heavy atom. The number of aliphatic hydroxyl groups excluding tert-OH is 1. The highest BCUT2D eigenvalue weighted by Crippen LogP contribution is 2.12. The summed E-state index contributed by atoms with van der Waals surface area (Å²) in [6.45, 7) is 29.4. The summed E-state index contributed by atoms with van der Waals surface area (Å²) in [6, 6.07) is -2.54. The summed E-state index contributed by atoms with van der Waals surface area (Å²) in [4.78, 5) is 50.9. The van der Waals surface area contributed by atoms with E-state index < -0.39 is 59.4 Å². The van der Waals surface area contributed by atoms with E-state index in [0.717, 1.165) is 5.57 Å². The molecule has 45 heavy (non-hydrogen) atoms. The minimum absolute atomic E-state index is 0.0374. The molecule has 0 bridgehead atoms. The number of alkyl carbamates (subject to hydrolysis) is 2. The largest absolute Gasteiger partial charge is 0.444 e. The zero-order valence-corrected chi connectivity index (χ0v) is 30.5. The van der Waals surface area contributed by atoms with Gasteiger partial charge in [0, 0.05) is 18.8 Å². The molecule has 0 aromatic rings. The van der Waals surface area contributed by atoms with Crippen LogP contribution in [0.25, 0.3) is 0 Å². The Bertz CT molecular complexity index is 921. The third-order valence-corrected chi connectivity index (χ3v) is 5.53. The van der Waals surface area contributed by atoms with E-state index in [1.54, 1.807) is 55.4 Å². The Morgan fingerprint density at radius 1 is 0.778 bits per heavy atom. The van der Waals surface area contributed by atoms with Crippen LogP contribution in [-0.4, -0.2) is 77.6 Å². The SMILES string of the molecule is C=C(C)NC(CCNC(=O)OC(C)(C)C)C(=O)NC(CCNC(=O)OC(C)(C)C)C(=O)NC(/C(=C\C)CC)C(C)O.CC.CC. The summed E-state index contributed by atoms with van der Waals surface area (Å²) >= 11 is 0. The van der Waals surface area contributed by atoms with Gasteiger partial charge < -0.3 is 41.2 Å². The first kappa shape index (κ1) is 46.1. The molecule has 12 heteroatoms. The second kappa shape index (κ2) is 24.0. The monoisotopic (exact) mass is 643 g/mol. The molecule has 0 saturated carbocycles. The summed E-state index contributed by atoms with van der Waals surface area (Å²) in [5.41, 5.74) is -0.0124. The lowest BCUT2D eigenvalue weighted by atomic mass is 9.99. The third-order valence-electron chi connectivity index (χ3n) is 5.53. The van der Waals surface area contributed by atoms with E-state index in [9.17, 15) is 24.3 Å². The smallest absolute Gasteiger partial charge is 0.407 e. The fourth-order valence-electron chi connectivity index (χ4n) is 3.75. The van der Waals surface area contributed by atoms with Crippen LogP contribution in [0.1, 0.15) is 116 Å². The van der Waals surface area contributed by atoms with E-state index >= 15 is 0 Å². The Hall–Kier alpha value is -3.28. The summed E-state index contributed by atoms with van der Waals surface area (Å²) in [5, 5.41) is 24.1. The van der Waals surface area contributed by atoms with Gasteiger partial charge in [0.1, 0.15) is 23.3 Å². The standard InChI is InChI=1S/C29H53N5O7.2C2H6/c1-12-20(13-2)23(19(5)35)34-25(37)22(15-17-31-27(39)41-29(9,10)11)33-24(36)21(32-18(3)4)14-16-30-26(38)40-28(6,7)8;2*1-2/h12,19,21-23,32,35H,3,13-17H2,1-2,4-11H3,(H,30,38)(H,31,39)(H,33,36)(H,34,37);2*1-2H3/b20-12-;;. The van der Waals surface area contributed by atoms with Crippen LogP contribution in [0, 0.1) is 0 Å². The highest BCUT2D eigenvalue weighted by molar-refractivity contribution is 5.90. The van der Waals surface area contributed by atoms with Crippen LogP contribution >= 0.6 is 0 Å². The third kappa shape index (κ3) is 23.7. The van der Waals surface area contributed by atoms with Crippen LogP contribution in [0.3, 0.4) is 0 Å². The summed E-state index contributed by atoms with van der Waals surface area (Å²) in [5.74, 6) is -1.03. The molecule has 264 valence electrons. The summed E-state index contributed by atoms with van der Waals surface area (Å²) < 4.78 is 10.5. The van der Waals surface area contributed by atoms with Gasteiger partial charge >= 0.3 is 12.2 Å². The van der Waals surface area contributed by atoms with Gasteiger partial charge in [0.15, 0.2) is 0 Å². The van der Waals surface area contributed by atoms with E-state index in [1.807, 2.05) is 47.6 Å². The number of aliphatic hydroxyl groups is 1. The summed E-state index contributed by atoms with van der Waals surface area (Å²) in [6.07, 6.45) is 0.532. The zero-order chi connectivity index (χ0) is 36.0. The maximum absolute atomic E-state index is 13.4.